The lowest BCUT2D eigenvalue weighted by Crippen LogP contribution is -2.11. The lowest BCUT2D eigenvalue weighted by atomic mass is 9.98. The zero-order chi connectivity index (χ0) is 39.1. The molecule has 0 atom stereocenters. The van der Waals surface area contributed by atoms with Crippen LogP contribution in [0.25, 0.3) is 81.4 Å². The zero-order valence-corrected chi connectivity index (χ0v) is 33.1. The molecule has 3 heteroatoms. The fraction of sp³-hybridized carbons (Fsp3) is 0. The number of rotatable bonds is 8. The smallest absolute Gasteiger partial charge is 0.0727 e. The Hall–Kier alpha value is -7.46. The van der Waals surface area contributed by atoms with Gasteiger partial charge in [0.15, 0.2) is 0 Å². The van der Waals surface area contributed by atoms with E-state index in [0.717, 1.165) is 17.1 Å². The van der Waals surface area contributed by atoms with E-state index in [9.17, 15) is 0 Å². The van der Waals surface area contributed by atoms with Crippen molar-refractivity contribution in [3.63, 3.8) is 0 Å². The standard InChI is InChI=1S/C56H38N2S/c1-4-15-39(16-5-1)41-27-29-43(30-28-41)48-21-10-12-25-52(48)57(46-35-31-42(32-36-46)40-17-6-2-7-18-40)47-37-33-44(34-38-47)49-23-14-24-51-54-56(59-55(49)51)50-22-11-13-26-53(50)58(54)45-19-8-3-9-20-45/h1-38H. The topological polar surface area (TPSA) is 8.17 Å². The van der Waals surface area contributed by atoms with Crippen LogP contribution < -0.4 is 4.90 Å². The van der Waals surface area contributed by atoms with Crippen LogP contribution in [-0.2, 0) is 0 Å². The Bertz CT molecular complexity index is 3220. The van der Waals surface area contributed by atoms with Crippen LogP contribution in [0.2, 0.25) is 0 Å². The molecule has 11 rings (SSSR count). The molecule has 0 aliphatic carbocycles. The van der Waals surface area contributed by atoms with Gasteiger partial charge in [-0.25, -0.2) is 0 Å². The third-order valence-electron chi connectivity index (χ3n) is 11.4. The molecule has 0 aliphatic heterocycles. The zero-order valence-electron chi connectivity index (χ0n) is 32.2. The summed E-state index contributed by atoms with van der Waals surface area (Å²) in [7, 11) is 0. The summed E-state index contributed by atoms with van der Waals surface area (Å²) in [5.41, 5.74) is 16.6. The van der Waals surface area contributed by atoms with Gasteiger partial charge in [-0.1, -0.05) is 182 Å². The molecule has 2 heterocycles. The molecular weight excluding hydrogens is 733 g/mol. The van der Waals surface area contributed by atoms with Crippen LogP contribution in [0.5, 0.6) is 0 Å². The minimum Gasteiger partial charge on any atom is -0.310 e. The van der Waals surface area contributed by atoms with Crippen LogP contribution >= 0.6 is 11.3 Å². The first-order valence-electron chi connectivity index (χ1n) is 20.1. The van der Waals surface area contributed by atoms with Gasteiger partial charge in [0.25, 0.3) is 0 Å². The monoisotopic (exact) mass is 770 g/mol. The molecule has 59 heavy (non-hydrogen) atoms. The Morgan fingerprint density at radius 3 is 1.44 bits per heavy atom. The van der Waals surface area contributed by atoms with Crippen LogP contribution in [0.15, 0.2) is 231 Å². The molecular formula is C56H38N2S. The molecule has 9 aromatic carbocycles. The fourth-order valence-corrected chi connectivity index (χ4v) is 9.96. The first-order chi connectivity index (χ1) is 29.3. The highest BCUT2D eigenvalue weighted by Gasteiger charge is 2.21. The van der Waals surface area contributed by atoms with E-state index in [1.54, 1.807) is 0 Å². The van der Waals surface area contributed by atoms with Gasteiger partial charge in [-0.2, -0.15) is 0 Å². The Balaban J connectivity index is 1.03. The Kier molecular flexibility index (Phi) is 8.72. The van der Waals surface area contributed by atoms with Gasteiger partial charge >= 0.3 is 0 Å². The van der Waals surface area contributed by atoms with Crippen molar-refractivity contribution in [2.75, 3.05) is 4.90 Å². The number of nitrogens with zero attached hydrogens (tertiary/aromatic N) is 2. The number of thiophene rings is 1. The van der Waals surface area contributed by atoms with Gasteiger partial charge in [0, 0.05) is 38.1 Å². The van der Waals surface area contributed by atoms with Crippen LogP contribution in [-0.4, -0.2) is 4.57 Å². The molecule has 0 amide bonds. The van der Waals surface area contributed by atoms with Crippen LogP contribution in [0.4, 0.5) is 17.1 Å². The molecule has 0 N–H and O–H groups in total. The number of benzene rings is 9. The Morgan fingerprint density at radius 1 is 0.322 bits per heavy atom. The lowest BCUT2D eigenvalue weighted by molar-refractivity contribution is 1.19. The van der Waals surface area contributed by atoms with Crippen molar-refractivity contribution in [3.8, 4) is 50.2 Å². The fourth-order valence-electron chi connectivity index (χ4n) is 8.60. The van der Waals surface area contributed by atoms with E-state index < -0.39 is 0 Å². The summed E-state index contributed by atoms with van der Waals surface area (Å²) in [6, 6.07) is 83.3. The maximum atomic E-state index is 2.43. The van der Waals surface area contributed by atoms with Crippen LogP contribution in [0.1, 0.15) is 0 Å². The van der Waals surface area contributed by atoms with Gasteiger partial charge in [-0.15, -0.1) is 11.3 Å². The molecule has 2 nitrogen and oxygen atoms in total. The highest BCUT2D eigenvalue weighted by Crippen LogP contribution is 2.47. The summed E-state index contributed by atoms with van der Waals surface area (Å²) in [5.74, 6) is 0. The quantitative estimate of drug-likeness (QED) is 0.149. The van der Waals surface area contributed by atoms with E-state index in [1.807, 2.05) is 11.3 Å². The van der Waals surface area contributed by atoms with E-state index in [-0.39, 0.29) is 0 Å². The van der Waals surface area contributed by atoms with Crippen molar-refractivity contribution in [1.82, 2.24) is 4.57 Å². The molecule has 0 aliphatic rings. The molecule has 0 bridgehead atoms. The Morgan fingerprint density at radius 2 is 0.780 bits per heavy atom. The van der Waals surface area contributed by atoms with Gasteiger partial charge in [0.05, 0.1) is 21.4 Å². The second-order valence-electron chi connectivity index (χ2n) is 14.9. The maximum absolute atomic E-state index is 2.43. The van der Waals surface area contributed by atoms with E-state index in [4.69, 9.17) is 0 Å². The number of hydrogen-bond acceptors (Lipinski definition) is 2. The average molecular weight is 771 g/mol. The van der Waals surface area contributed by atoms with Gasteiger partial charge in [-0.3, -0.25) is 0 Å². The first-order valence-corrected chi connectivity index (χ1v) is 20.9. The van der Waals surface area contributed by atoms with Crippen molar-refractivity contribution in [3.05, 3.63) is 231 Å². The third-order valence-corrected chi connectivity index (χ3v) is 12.7. The number of fused-ring (bicyclic) bond motifs is 5. The second-order valence-corrected chi connectivity index (χ2v) is 15.9. The van der Waals surface area contributed by atoms with E-state index in [0.29, 0.717) is 0 Å². The summed E-state index contributed by atoms with van der Waals surface area (Å²) in [6.45, 7) is 0. The predicted octanol–water partition coefficient (Wildman–Crippen LogP) is 16.1. The summed E-state index contributed by atoms with van der Waals surface area (Å²) in [4.78, 5) is 2.40. The normalized spacial score (nSPS) is 11.4. The minimum absolute atomic E-state index is 1.10. The van der Waals surface area contributed by atoms with Crippen LogP contribution in [0.3, 0.4) is 0 Å². The molecule has 11 aromatic rings. The molecule has 0 radical (unpaired) electrons. The largest absolute Gasteiger partial charge is 0.310 e. The highest BCUT2D eigenvalue weighted by molar-refractivity contribution is 7.27. The third kappa shape index (κ3) is 6.20. The van der Waals surface area contributed by atoms with E-state index >= 15 is 0 Å². The number of hydrogen-bond donors (Lipinski definition) is 0. The second kappa shape index (κ2) is 14.8. The SMILES string of the molecule is c1ccc(-c2ccc(-c3ccccc3N(c3ccc(-c4ccccc4)cc3)c3ccc(-c4cccc5c4sc4c6ccccc6n(-c6ccccc6)c54)cc3)cc2)cc1. The number of aromatic nitrogens is 1. The summed E-state index contributed by atoms with van der Waals surface area (Å²) >= 11 is 1.90. The molecule has 0 saturated heterocycles. The molecule has 0 unspecified atom stereocenters. The minimum atomic E-state index is 1.10. The lowest BCUT2D eigenvalue weighted by Gasteiger charge is -2.28. The first kappa shape index (κ1) is 34.8. The van der Waals surface area contributed by atoms with Gasteiger partial charge in [-0.05, 0) is 87.5 Å². The van der Waals surface area contributed by atoms with Crippen molar-refractivity contribution < 1.29 is 0 Å². The molecule has 0 fully saturated rings. The van der Waals surface area contributed by atoms with Gasteiger partial charge in [0.1, 0.15) is 0 Å². The summed E-state index contributed by atoms with van der Waals surface area (Å²) in [5, 5.41) is 2.56. The average Bonchev–Trinajstić information content (AvgIpc) is 3.86. The Labute approximate surface area is 348 Å². The highest BCUT2D eigenvalue weighted by atomic mass is 32.1. The summed E-state index contributed by atoms with van der Waals surface area (Å²) < 4.78 is 5.06. The predicted molar refractivity (Wildman–Crippen MR) is 253 cm³/mol. The van der Waals surface area contributed by atoms with Gasteiger partial charge in [0.2, 0.25) is 0 Å². The number of anilines is 3. The molecule has 0 saturated carbocycles. The summed E-state index contributed by atoms with van der Waals surface area (Å²) in [6.07, 6.45) is 0. The van der Waals surface area contributed by atoms with Crippen molar-refractivity contribution >= 4 is 59.6 Å². The van der Waals surface area contributed by atoms with Crippen molar-refractivity contribution in [1.29, 1.82) is 0 Å². The maximum Gasteiger partial charge on any atom is 0.0727 e. The van der Waals surface area contributed by atoms with E-state index in [1.165, 1.54) is 81.4 Å². The van der Waals surface area contributed by atoms with E-state index in [2.05, 4.69) is 240 Å². The van der Waals surface area contributed by atoms with Crippen molar-refractivity contribution in [2.24, 2.45) is 0 Å². The molecule has 2 aromatic heterocycles. The molecule has 0 spiro atoms. The van der Waals surface area contributed by atoms with Crippen molar-refractivity contribution in [2.45, 2.75) is 0 Å². The van der Waals surface area contributed by atoms with Gasteiger partial charge < -0.3 is 9.47 Å². The number of para-hydroxylation sites is 3. The molecule has 278 valence electrons. The van der Waals surface area contributed by atoms with Crippen LogP contribution in [0, 0.1) is 0 Å².